The molecule has 0 saturated heterocycles. The van der Waals surface area contributed by atoms with Crippen molar-refractivity contribution in [1.82, 2.24) is 0 Å². The molecule has 0 aliphatic carbocycles. The summed E-state index contributed by atoms with van der Waals surface area (Å²) < 4.78 is 29.0. The van der Waals surface area contributed by atoms with E-state index < -0.39 is 12.6 Å². The third kappa shape index (κ3) is 5340. The van der Waals surface area contributed by atoms with Crippen molar-refractivity contribution in [2.45, 2.75) is 13.6 Å². The number of carboxylic acid groups (broad SMARTS) is 1. The monoisotopic (exact) mass is 193 g/mol. The molecule has 0 heterocycles. The third-order valence-electron chi connectivity index (χ3n) is 0. The van der Waals surface area contributed by atoms with Crippen LogP contribution in [0, 0.1) is 0 Å². The Kier molecular flexibility index (Phi) is 18.9. The van der Waals surface area contributed by atoms with Gasteiger partial charge in [-0.1, -0.05) is 0 Å². The average molecular weight is 194 g/mol. The van der Waals surface area contributed by atoms with Gasteiger partial charge in [0.2, 0.25) is 0 Å². The Morgan fingerprint density at radius 3 is 1.44 bits per heavy atom. The average Bonchev–Trinajstić information content (AvgIpc) is 1.25. The summed E-state index contributed by atoms with van der Waals surface area (Å²) in [6.07, 6.45) is 0. The van der Waals surface area contributed by atoms with Gasteiger partial charge in [-0.3, -0.25) is 4.79 Å². The van der Waals surface area contributed by atoms with E-state index in [4.69, 9.17) is 9.90 Å². The first-order valence-corrected chi connectivity index (χ1v) is 1.58. The van der Waals surface area contributed by atoms with Crippen LogP contribution >= 0.6 is 0 Å². The van der Waals surface area contributed by atoms with Crippen molar-refractivity contribution >= 4 is 5.97 Å². The maximum absolute atomic E-state index is 9.67. The summed E-state index contributed by atoms with van der Waals surface area (Å²) in [4.78, 5) is 9.00. The minimum absolute atomic E-state index is 0. The number of aliphatic carboxylic acids is 1. The Morgan fingerprint density at radius 2 is 1.44 bits per heavy atom. The van der Waals surface area contributed by atoms with Crippen LogP contribution in [0.5, 0.6) is 0 Å². The number of carboxylic acids is 1. The maximum atomic E-state index is 9.67. The molecule has 1 N–H and O–H groups in total. The molecule has 0 saturated carbocycles. The Bertz CT molecular complexity index is 61.3. The second-order valence-electron chi connectivity index (χ2n) is 0.766. The van der Waals surface area contributed by atoms with Gasteiger partial charge in [0.05, 0.1) is 0 Å². The summed E-state index contributed by atoms with van der Waals surface area (Å²) in [5.74, 6) is -0.833. The fraction of sp³-hybridized carbons (Fsp3) is 0.667. The molecule has 0 spiro atoms. The van der Waals surface area contributed by atoms with Crippen LogP contribution in [-0.4, -0.2) is 17.8 Å². The van der Waals surface area contributed by atoms with E-state index in [1.807, 2.05) is 0 Å². The Labute approximate surface area is 60.5 Å². The first-order chi connectivity index (χ1) is 3.46. The molecule has 0 aromatic rings. The Balaban J connectivity index is -0.0000000720. The molecule has 9 heavy (non-hydrogen) atoms. The molecule has 0 aliphatic rings. The first kappa shape index (κ1) is 15.9. The van der Waals surface area contributed by atoms with E-state index in [9.17, 15) is 13.2 Å². The summed E-state index contributed by atoms with van der Waals surface area (Å²) in [5, 5.41) is 7.42. The van der Waals surface area contributed by atoms with E-state index in [1.165, 1.54) is 0 Å². The van der Waals surface area contributed by atoms with Gasteiger partial charge in [-0.2, -0.15) is 13.2 Å². The topological polar surface area (TPSA) is 37.3 Å². The Hall–Kier alpha value is -0.221. The van der Waals surface area contributed by atoms with Crippen LogP contribution in [0.25, 0.3) is 0 Å². The second kappa shape index (κ2) is 10.7. The molecule has 0 bridgehead atoms. The molecule has 0 unspecified atom stereocenters. The number of halogens is 3. The van der Waals surface area contributed by atoms with Crippen molar-refractivity contribution < 1.29 is 40.1 Å². The predicted octanol–water partition coefficient (Wildman–Crippen LogP) is 1.27. The van der Waals surface area contributed by atoms with Gasteiger partial charge in [0.15, 0.2) is 0 Å². The third-order valence-corrected chi connectivity index (χ3v) is 0. The van der Waals surface area contributed by atoms with E-state index in [0.29, 0.717) is 0 Å². The zero-order valence-corrected chi connectivity index (χ0v) is 5.31. The minimum Gasteiger partial charge on any atom is -0.481 e. The van der Waals surface area contributed by atoms with Crippen LogP contribution in [0.15, 0.2) is 0 Å². The molecular weight excluding hydrogens is 189 g/mol. The van der Waals surface area contributed by atoms with Crippen molar-refractivity contribution in [3.05, 3.63) is 0 Å². The molecular formula is C3H5CuF3O2. The predicted molar refractivity (Wildman–Crippen MR) is 20.4 cm³/mol. The van der Waals surface area contributed by atoms with Crippen LogP contribution in [-0.2, 0) is 21.9 Å². The van der Waals surface area contributed by atoms with E-state index in [0.717, 1.165) is 6.92 Å². The van der Waals surface area contributed by atoms with Gasteiger partial charge < -0.3 is 5.11 Å². The standard InChI is InChI=1S/C2H4O2.CHF3.Cu/c1-2(3)4;2-1(3)4;/h1H3,(H,3,4);1H;. The normalized spacial score (nSPS) is 6.78. The summed E-state index contributed by atoms with van der Waals surface area (Å²) >= 11 is 0. The van der Waals surface area contributed by atoms with Gasteiger partial charge in [0.25, 0.3) is 5.97 Å². The van der Waals surface area contributed by atoms with E-state index in [1.54, 1.807) is 0 Å². The van der Waals surface area contributed by atoms with Crippen LogP contribution in [0.4, 0.5) is 13.2 Å². The molecule has 0 fully saturated rings. The molecule has 0 aliphatic heterocycles. The molecule has 2 nitrogen and oxygen atoms in total. The quantitative estimate of drug-likeness (QED) is 0.589. The zero-order chi connectivity index (χ0) is 7.15. The SMILES string of the molecule is CC(=O)O.FC(F)F.[Cu]. The fourth-order valence-electron chi connectivity index (χ4n) is 0. The zero-order valence-electron chi connectivity index (χ0n) is 4.37. The molecule has 0 amide bonds. The summed E-state index contributed by atoms with van der Waals surface area (Å²) in [6.45, 7) is -2.58. The molecule has 61 valence electrons. The molecule has 0 rings (SSSR count). The molecule has 6 heteroatoms. The van der Waals surface area contributed by atoms with Gasteiger partial charge in [0, 0.05) is 24.0 Å². The van der Waals surface area contributed by atoms with Crippen molar-refractivity contribution in [3.8, 4) is 0 Å². The molecule has 0 aromatic heterocycles. The summed E-state index contributed by atoms with van der Waals surface area (Å²) in [5.41, 5.74) is 0. The molecule has 0 atom stereocenters. The number of alkyl halides is 3. The largest absolute Gasteiger partial charge is 0.481 e. The van der Waals surface area contributed by atoms with Gasteiger partial charge in [-0.05, 0) is 0 Å². The van der Waals surface area contributed by atoms with E-state index in [-0.39, 0.29) is 17.1 Å². The van der Waals surface area contributed by atoms with Gasteiger partial charge in [-0.15, -0.1) is 0 Å². The fourth-order valence-corrected chi connectivity index (χ4v) is 0. The molecule has 1 radical (unpaired) electrons. The maximum Gasteiger partial charge on any atom is 0.379 e. The van der Waals surface area contributed by atoms with Gasteiger partial charge in [0.1, 0.15) is 0 Å². The van der Waals surface area contributed by atoms with Gasteiger partial charge >= 0.3 is 6.68 Å². The Morgan fingerprint density at radius 1 is 1.44 bits per heavy atom. The number of hydrogen-bond donors (Lipinski definition) is 1. The smallest absolute Gasteiger partial charge is 0.379 e. The van der Waals surface area contributed by atoms with E-state index in [2.05, 4.69) is 0 Å². The molecule has 0 aromatic carbocycles. The number of hydrogen-bond acceptors (Lipinski definition) is 1. The van der Waals surface area contributed by atoms with Crippen LogP contribution in [0.2, 0.25) is 0 Å². The van der Waals surface area contributed by atoms with Crippen molar-refractivity contribution in [1.29, 1.82) is 0 Å². The summed E-state index contributed by atoms with van der Waals surface area (Å²) in [7, 11) is 0. The number of carbonyl (C=O) groups is 1. The van der Waals surface area contributed by atoms with Crippen molar-refractivity contribution in [3.63, 3.8) is 0 Å². The van der Waals surface area contributed by atoms with Crippen LogP contribution in [0.1, 0.15) is 6.92 Å². The summed E-state index contributed by atoms with van der Waals surface area (Å²) in [6, 6.07) is 0. The van der Waals surface area contributed by atoms with Crippen LogP contribution < -0.4 is 0 Å². The van der Waals surface area contributed by atoms with Crippen molar-refractivity contribution in [2.24, 2.45) is 0 Å². The number of rotatable bonds is 0. The van der Waals surface area contributed by atoms with Crippen LogP contribution in [0.3, 0.4) is 0 Å². The second-order valence-corrected chi connectivity index (χ2v) is 0.766. The van der Waals surface area contributed by atoms with Crippen molar-refractivity contribution in [2.75, 3.05) is 0 Å². The van der Waals surface area contributed by atoms with E-state index >= 15 is 0 Å². The first-order valence-electron chi connectivity index (χ1n) is 1.58. The minimum atomic E-state index is -3.67. The van der Waals surface area contributed by atoms with Gasteiger partial charge in [-0.25, -0.2) is 0 Å².